The van der Waals surface area contributed by atoms with Gasteiger partial charge in [0.25, 0.3) is 5.91 Å². The second kappa shape index (κ2) is 5.55. The summed E-state index contributed by atoms with van der Waals surface area (Å²) in [5.41, 5.74) is -2.58. The van der Waals surface area contributed by atoms with Gasteiger partial charge in [-0.15, -0.1) is 0 Å². The minimum atomic E-state index is -2.58. The molecule has 1 aliphatic rings. The molecule has 0 aliphatic carbocycles. The summed E-state index contributed by atoms with van der Waals surface area (Å²) < 4.78 is -2.44. The number of aliphatic carboxylic acids is 3. The average Bonchev–Trinajstić information content (AvgIpc) is 2.46. The smallest absolute Gasteiger partial charge is 0.341 e. The van der Waals surface area contributed by atoms with Crippen LogP contribution in [0, 0.1) is 0 Å². The van der Waals surface area contributed by atoms with Crippen LogP contribution < -0.4 is 0 Å². The largest absolute Gasteiger partial charge is 0.481 e. The highest BCUT2D eigenvalue weighted by atomic mass is 127. The van der Waals surface area contributed by atoms with Gasteiger partial charge in [-0.1, -0.05) is 0 Å². The summed E-state index contributed by atoms with van der Waals surface area (Å²) in [5.74, 6) is -7.50. The van der Waals surface area contributed by atoms with Gasteiger partial charge in [-0.05, 0) is 22.6 Å². The highest BCUT2D eigenvalue weighted by molar-refractivity contribution is 14.1. The molecule has 0 aromatic carbocycles. The van der Waals surface area contributed by atoms with Crippen LogP contribution in [0.25, 0.3) is 0 Å². The number of hydrogen-bond donors (Lipinski definition) is 4. The third-order valence-electron chi connectivity index (χ3n) is 2.81. The van der Waals surface area contributed by atoms with E-state index in [1.165, 1.54) is 0 Å². The molecule has 0 saturated carbocycles. The van der Waals surface area contributed by atoms with Crippen molar-refractivity contribution >= 4 is 52.3 Å². The highest BCUT2D eigenvalue weighted by Crippen LogP contribution is 2.38. The van der Waals surface area contributed by atoms with Crippen LogP contribution in [0.3, 0.4) is 0 Å². The molecule has 2 atom stereocenters. The third kappa shape index (κ3) is 3.12. The lowest BCUT2D eigenvalue weighted by Gasteiger charge is -2.31. The number of amides is 2. The number of likely N-dealkylation sites (tertiary alicyclic amines) is 1. The van der Waals surface area contributed by atoms with Crippen molar-refractivity contribution in [3.05, 3.63) is 0 Å². The molecule has 1 heterocycles. The number of rotatable bonds is 6. The molecule has 4 N–H and O–H groups in total. The summed E-state index contributed by atoms with van der Waals surface area (Å²) in [7, 11) is 0. The number of nitrogens with zero attached hydrogens (tertiary/aromatic N) is 1. The first-order valence-electron chi connectivity index (χ1n) is 5.40. The molecule has 1 fully saturated rings. The Morgan fingerprint density at radius 1 is 1.19 bits per heavy atom. The first-order chi connectivity index (χ1) is 9.44. The summed E-state index contributed by atoms with van der Waals surface area (Å²) in [5, 5.41) is 36.4. The van der Waals surface area contributed by atoms with Crippen molar-refractivity contribution in [1.82, 2.24) is 4.90 Å². The van der Waals surface area contributed by atoms with Crippen LogP contribution in [-0.2, 0) is 24.0 Å². The topological polar surface area (TPSA) is 170 Å². The SMILES string of the molecule is O=C(O)CC(I)(C(=O)O)N1C(=O)C[C@](O)(CC(=O)O)C1=O. The molecule has 0 aromatic rings. The molecule has 0 radical (unpaired) electrons. The second-order valence-corrected chi connectivity index (χ2v) is 6.23. The number of alkyl halides is 1. The van der Waals surface area contributed by atoms with E-state index in [1.807, 2.05) is 0 Å². The van der Waals surface area contributed by atoms with E-state index in [0.717, 1.165) is 22.6 Å². The number of carboxylic acid groups (broad SMARTS) is 3. The summed E-state index contributed by atoms with van der Waals surface area (Å²) in [6, 6.07) is 0. The van der Waals surface area contributed by atoms with Crippen molar-refractivity contribution in [2.45, 2.75) is 28.4 Å². The number of aliphatic hydroxyl groups is 1. The summed E-state index contributed by atoms with van der Waals surface area (Å²) in [6.45, 7) is 0. The monoisotopic (exact) mass is 415 g/mol. The zero-order chi connectivity index (χ0) is 16.6. The maximum absolute atomic E-state index is 12.0. The van der Waals surface area contributed by atoms with Crippen molar-refractivity contribution in [3.63, 3.8) is 0 Å². The second-order valence-electron chi connectivity index (χ2n) is 4.45. The fourth-order valence-corrected chi connectivity index (χ4v) is 2.74. The van der Waals surface area contributed by atoms with E-state index < -0.39 is 58.1 Å². The molecular formula is C10H10INO9. The maximum atomic E-state index is 12.0. The first kappa shape index (κ1) is 17.3. The molecule has 1 saturated heterocycles. The van der Waals surface area contributed by atoms with Gasteiger partial charge in [0.15, 0.2) is 5.60 Å². The lowest BCUT2D eigenvalue weighted by Crippen LogP contribution is -2.56. The molecule has 11 heteroatoms. The molecule has 0 spiro atoms. The number of carbonyl (C=O) groups excluding carboxylic acids is 2. The molecule has 116 valence electrons. The molecular weight excluding hydrogens is 405 g/mol. The van der Waals surface area contributed by atoms with Crippen LogP contribution in [0.5, 0.6) is 0 Å². The maximum Gasteiger partial charge on any atom is 0.341 e. The first-order valence-corrected chi connectivity index (χ1v) is 6.47. The molecule has 21 heavy (non-hydrogen) atoms. The van der Waals surface area contributed by atoms with Gasteiger partial charge in [0.1, 0.15) is 0 Å². The Hall–Kier alpha value is -1.76. The van der Waals surface area contributed by atoms with Gasteiger partial charge in [0, 0.05) is 0 Å². The van der Waals surface area contributed by atoms with Gasteiger partial charge < -0.3 is 20.4 Å². The predicted octanol–water partition coefficient (Wildman–Crippen LogP) is -1.36. The summed E-state index contributed by atoms with van der Waals surface area (Å²) in [4.78, 5) is 56.6. The van der Waals surface area contributed by atoms with Crippen LogP contribution in [0.15, 0.2) is 0 Å². The fourth-order valence-electron chi connectivity index (χ4n) is 1.92. The average molecular weight is 415 g/mol. The quantitative estimate of drug-likeness (QED) is 0.177. The zero-order valence-electron chi connectivity index (χ0n) is 10.3. The van der Waals surface area contributed by atoms with Crippen molar-refractivity contribution in [2.24, 2.45) is 0 Å². The Labute approximate surface area is 130 Å². The minimum absolute atomic E-state index is 0.104. The van der Waals surface area contributed by atoms with E-state index in [4.69, 9.17) is 15.3 Å². The standard InChI is InChI=1S/C10H10INO9/c11-10(8(19)20,3-6(16)17)12-4(13)1-9(21,7(12)18)2-5(14)15/h21H,1-3H2,(H,14,15)(H,16,17)(H,19,20)/t9-,10?/m0/s1. The minimum Gasteiger partial charge on any atom is -0.481 e. The summed E-state index contributed by atoms with van der Waals surface area (Å²) in [6.07, 6.45) is -3.10. The Kier molecular flexibility index (Phi) is 4.57. The fraction of sp³-hybridized carbons (Fsp3) is 0.500. The molecule has 1 unspecified atom stereocenters. The Balaban J connectivity index is 3.25. The number of halogens is 1. The number of hydrogen-bond acceptors (Lipinski definition) is 6. The number of carbonyl (C=O) groups is 5. The molecule has 1 rings (SSSR count). The van der Waals surface area contributed by atoms with Crippen LogP contribution in [0.2, 0.25) is 0 Å². The van der Waals surface area contributed by atoms with Gasteiger partial charge in [-0.3, -0.25) is 24.1 Å². The van der Waals surface area contributed by atoms with Crippen LogP contribution in [0.1, 0.15) is 19.3 Å². The molecule has 1 aliphatic heterocycles. The van der Waals surface area contributed by atoms with Gasteiger partial charge in [0.05, 0.1) is 19.3 Å². The molecule has 10 nitrogen and oxygen atoms in total. The van der Waals surface area contributed by atoms with Gasteiger partial charge in [0.2, 0.25) is 9.45 Å². The van der Waals surface area contributed by atoms with Gasteiger partial charge in [-0.2, -0.15) is 0 Å². The van der Waals surface area contributed by atoms with Crippen molar-refractivity contribution in [2.75, 3.05) is 0 Å². The normalized spacial score (nSPS) is 24.8. The lowest BCUT2D eigenvalue weighted by atomic mass is 9.98. The van der Waals surface area contributed by atoms with E-state index in [1.54, 1.807) is 0 Å². The van der Waals surface area contributed by atoms with Crippen molar-refractivity contribution in [1.29, 1.82) is 0 Å². The van der Waals surface area contributed by atoms with Crippen LogP contribution >= 0.6 is 22.6 Å². The third-order valence-corrected chi connectivity index (χ3v) is 4.13. The van der Waals surface area contributed by atoms with E-state index in [0.29, 0.717) is 0 Å². The van der Waals surface area contributed by atoms with Crippen molar-refractivity contribution < 1.29 is 44.4 Å². The molecule has 0 bridgehead atoms. The van der Waals surface area contributed by atoms with Crippen molar-refractivity contribution in [3.8, 4) is 0 Å². The van der Waals surface area contributed by atoms with E-state index in [9.17, 15) is 29.1 Å². The summed E-state index contributed by atoms with van der Waals surface area (Å²) >= 11 is 1.11. The van der Waals surface area contributed by atoms with Gasteiger partial charge >= 0.3 is 17.9 Å². The van der Waals surface area contributed by atoms with E-state index >= 15 is 0 Å². The van der Waals surface area contributed by atoms with Crippen LogP contribution in [-0.4, -0.2) is 64.2 Å². The van der Waals surface area contributed by atoms with E-state index in [2.05, 4.69) is 0 Å². The van der Waals surface area contributed by atoms with Gasteiger partial charge in [-0.25, -0.2) is 4.79 Å². The Bertz CT molecular complexity index is 547. The lowest BCUT2D eigenvalue weighted by molar-refractivity contribution is -0.163. The van der Waals surface area contributed by atoms with Crippen LogP contribution in [0.4, 0.5) is 0 Å². The number of carboxylic acids is 3. The highest BCUT2D eigenvalue weighted by Gasteiger charge is 2.60. The number of imide groups is 1. The predicted molar refractivity (Wildman–Crippen MR) is 70.3 cm³/mol. The van der Waals surface area contributed by atoms with E-state index in [-0.39, 0.29) is 4.90 Å². The Morgan fingerprint density at radius 3 is 2.10 bits per heavy atom. The molecule has 0 aromatic heterocycles. The zero-order valence-corrected chi connectivity index (χ0v) is 12.4. The Morgan fingerprint density at radius 2 is 1.71 bits per heavy atom. The molecule has 2 amide bonds.